The van der Waals surface area contributed by atoms with Crippen molar-refractivity contribution in [2.75, 3.05) is 19.6 Å². The van der Waals surface area contributed by atoms with E-state index in [4.69, 9.17) is 4.84 Å². The van der Waals surface area contributed by atoms with Gasteiger partial charge in [-0.1, -0.05) is 25.9 Å². The predicted octanol–water partition coefficient (Wildman–Crippen LogP) is 4.72. The molecule has 0 aromatic carbocycles. The lowest BCUT2D eigenvalue weighted by molar-refractivity contribution is -0.123. The number of nitrogens with zero attached hydrogens (tertiary/aromatic N) is 1. The normalized spacial score (nSPS) is 43.7. The third-order valence-corrected chi connectivity index (χ3v) is 10.2. The fraction of sp³-hybridized carbons (Fsp3) is 0.923. The van der Waals surface area contributed by atoms with E-state index in [1.165, 1.54) is 38.5 Å². The van der Waals surface area contributed by atoms with Crippen LogP contribution in [0, 0.1) is 40.4 Å². The monoisotopic (exact) mass is 447 g/mol. The Bertz CT molecular complexity index is 712. The topological polar surface area (TPSA) is 83.0 Å². The SMILES string of the molecule is CCNCCNC(=O)O/N=C(\C)[C@H]1CC[C@H]2[C@@H]3CC[C@H]4C[C@@H](O)CC[C@]4(C)[C@H]3CC[C@]12C. The number of rotatable bonds is 6. The highest BCUT2D eigenvalue weighted by Gasteiger charge is 2.60. The predicted molar refractivity (Wildman–Crippen MR) is 127 cm³/mol. The van der Waals surface area contributed by atoms with Crippen molar-refractivity contribution in [3.63, 3.8) is 0 Å². The van der Waals surface area contributed by atoms with E-state index in [0.717, 1.165) is 55.8 Å². The van der Waals surface area contributed by atoms with Gasteiger partial charge in [0.2, 0.25) is 0 Å². The van der Waals surface area contributed by atoms with Crippen molar-refractivity contribution < 1.29 is 14.7 Å². The Morgan fingerprint density at radius 1 is 1.03 bits per heavy atom. The van der Waals surface area contributed by atoms with E-state index >= 15 is 0 Å². The van der Waals surface area contributed by atoms with Crippen LogP contribution in [0.3, 0.4) is 0 Å². The average molecular weight is 448 g/mol. The van der Waals surface area contributed by atoms with Gasteiger partial charge in [-0.3, -0.25) is 4.84 Å². The summed E-state index contributed by atoms with van der Waals surface area (Å²) >= 11 is 0. The summed E-state index contributed by atoms with van der Waals surface area (Å²) in [5, 5.41) is 20.5. The van der Waals surface area contributed by atoms with Gasteiger partial charge in [-0.05, 0) is 106 Å². The largest absolute Gasteiger partial charge is 0.433 e. The molecule has 4 saturated carbocycles. The summed E-state index contributed by atoms with van der Waals surface area (Å²) in [6.07, 6.45) is 10.3. The fourth-order valence-electron chi connectivity index (χ4n) is 8.56. The van der Waals surface area contributed by atoms with Crippen LogP contribution in [-0.4, -0.2) is 42.6 Å². The van der Waals surface area contributed by atoms with Gasteiger partial charge < -0.3 is 15.7 Å². The Morgan fingerprint density at radius 3 is 2.56 bits per heavy atom. The van der Waals surface area contributed by atoms with E-state index in [2.05, 4.69) is 36.6 Å². The molecule has 0 spiro atoms. The first-order chi connectivity index (χ1) is 15.3. The molecule has 0 heterocycles. The molecular weight excluding hydrogens is 402 g/mol. The van der Waals surface area contributed by atoms with E-state index in [1.807, 2.05) is 6.92 Å². The minimum absolute atomic E-state index is 0.0756. The number of carbonyl (C=O) groups is 1. The van der Waals surface area contributed by atoms with Crippen LogP contribution in [0.25, 0.3) is 0 Å². The van der Waals surface area contributed by atoms with E-state index < -0.39 is 6.09 Å². The lowest BCUT2D eigenvalue weighted by Crippen LogP contribution is -2.54. The molecule has 0 bridgehead atoms. The summed E-state index contributed by atoms with van der Waals surface area (Å²) < 4.78 is 0. The first kappa shape index (κ1) is 24.0. The molecule has 0 radical (unpaired) electrons. The Labute approximate surface area is 194 Å². The summed E-state index contributed by atoms with van der Waals surface area (Å²) in [5.74, 6) is 3.47. The van der Waals surface area contributed by atoms with Gasteiger partial charge in [0, 0.05) is 19.0 Å². The molecule has 4 aliphatic rings. The summed E-state index contributed by atoms with van der Waals surface area (Å²) in [4.78, 5) is 17.2. The second-order valence-corrected chi connectivity index (χ2v) is 11.7. The van der Waals surface area contributed by atoms with Crippen LogP contribution >= 0.6 is 0 Å². The van der Waals surface area contributed by atoms with E-state index in [9.17, 15) is 9.90 Å². The van der Waals surface area contributed by atoms with Crippen molar-refractivity contribution in [2.45, 2.75) is 91.6 Å². The number of carbonyl (C=O) groups excluding carboxylic acids is 1. The molecule has 0 aromatic rings. The van der Waals surface area contributed by atoms with Crippen molar-refractivity contribution >= 4 is 11.8 Å². The Kier molecular flexibility index (Phi) is 7.21. The number of likely N-dealkylation sites (N-methyl/N-ethyl adjacent to an activating group) is 1. The molecule has 4 rings (SSSR count). The first-order valence-electron chi connectivity index (χ1n) is 13.2. The Hall–Kier alpha value is -1.14. The Balaban J connectivity index is 1.40. The van der Waals surface area contributed by atoms with Crippen LogP contribution in [0.5, 0.6) is 0 Å². The number of hydrogen-bond acceptors (Lipinski definition) is 5. The molecule has 1 amide bonds. The summed E-state index contributed by atoms with van der Waals surface area (Å²) in [6.45, 7) is 11.3. The average Bonchev–Trinajstić information content (AvgIpc) is 3.13. The van der Waals surface area contributed by atoms with Crippen molar-refractivity contribution in [1.82, 2.24) is 10.6 Å². The second-order valence-electron chi connectivity index (χ2n) is 11.7. The zero-order valence-electron chi connectivity index (χ0n) is 20.7. The molecule has 4 fully saturated rings. The molecule has 0 saturated heterocycles. The number of aliphatic hydroxyl groups is 1. The highest BCUT2D eigenvalue weighted by atomic mass is 16.7. The molecule has 8 atom stereocenters. The smallest absolute Gasteiger partial charge is 0.393 e. The van der Waals surface area contributed by atoms with Gasteiger partial charge in [0.05, 0.1) is 11.8 Å². The zero-order chi connectivity index (χ0) is 22.9. The minimum Gasteiger partial charge on any atom is -0.393 e. The number of hydrogen-bond donors (Lipinski definition) is 3. The van der Waals surface area contributed by atoms with Crippen LogP contribution in [0.2, 0.25) is 0 Å². The van der Waals surface area contributed by atoms with Gasteiger partial charge in [-0.2, -0.15) is 0 Å². The molecule has 32 heavy (non-hydrogen) atoms. The number of nitrogens with one attached hydrogen (secondary N) is 2. The zero-order valence-corrected chi connectivity index (χ0v) is 20.7. The molecule has 0 aromatic heterocycles. The Morgan fingerprint density at radius 2 is 1.78 bits per heavy atom. The van der Waals surface area contributed by atoms with Crippen LogP contribution in [0.4, 0.5) is 4.79 Å². The maximum absolute atomic E-state index is 12.0. The molecule has 0 unspecified atom stereocenters. The van der Waals surface area contributed by atoms with E-state index in [-0.39, 0.29) is 11.5 Å². The molecule has 182 valence electrons. The number of amides is 1. The first-order valence-corrected chi connectivity index (χ1v) is 13.2. The number of oxime groups is 1. The molecule has 3 N–H and O–H groups in total. The molecule has 6 nitrogen and oxygen atoms in total. The quantitative estimate of drug-likeness (QED) is 0.238. The summed E-state index contributed by atoms with van der Waals surface area (Å²) in [6, 6.07) is 0. The lowest BCUT2D eigenvalue weighted by atomic mass is 9.44. The third kappa shape index (κ3) is 4.34. The van der Waals surface area contributed by atoms with Gasteiger partial charge in [0.15, 0.2) is 0 Å². The van der Waals surface area contributed by atoms with Gasteiger partial charge in [0.1, 0.15) is 0 Å². The van der Waals surface area contributed by atoms with Crippen molar-refractivity contribution in [3.05, 3.63) is 0 Å². The third-order valence-electron chi connectivity index (χ3n) is 10.2. The molecule has 0 aliphatic heterocycles. The van der Waals surface area contributed by atoms with Crippen molar-refractivity contribution in [1.29, 1.82) is 0 Å². The van der Waals surface area contributed by atoms with Gasteiger partial charge in [0.25, 0.3) is 0 Å². The van der Waals surface area contributed by atoms with Crippen LogP contribution in [0.15, 0.2) is 5.16 Å². The maximum atomic E-state index is 12.0. The lowest BCUT2D eigenvalue weighted by Gasteiger charge is -2.61. The van der Waals surface area contributed by atoms with Crippen LogP contribution < -0.4 is 10.6 Å². The van der Waals surface area contributed by atoms with Gasteiger partial charge >= 0.3 is 6.09 Å². The van der Waals surface area contributed by atoms with Crippen LogP contribution in [0.1, 0.15) is 85.5 Å². The highest BCUT2D eigenvalue weighted by Crippen LogP contribution is 2.67. The second kappa shape index (κ2) is 9.61. The fourth-order valence-corrected chi connectivity index (χ4v) is 8.56. The molecule has 6 heteroatoms. The van der Waals surface area contributed by atoms with Crippen molar-refractivity contribution in [3.8, 4) is 0 Å². The summed E-state index contributed by atoms with van der Waals surface area (Å²) in [7, 11) is 0. The molecular formula is C26H45N3O3. The maximum Gasteiger partial charge on any atom is 0.433 e. The molecule has 4 aliphatic carbocycles. The van der Waals surface area contributed by atoms with E-state index in [0.29, 0.717) is 23.8 Å². The standard InChI is InChI=1S/C26H45N3O3/c1-5-27-14-15-28-24(31)32-29-17(2)21-8-9-22-20-7-6-18-16-19(30)10-12-25(18,3)23(20)11-13-26(21,22)4/h18-23,27,30H,5-16H2,1-4H3,(H,28,31)/b29-17+/t18-,19-,20-,21+,22-,23-,25-,26+/m0/s1. The summed E-state index contributed by atoms with van der Waals surface area (Å²) in [5.41, 5.74) is 1.66. The van der Waals surface area contributed by atoms with Crippen molar-refractivity contribution in [2.24, 2.45) is 45.6 Å². The number of aliphatic hydroxyl groups excluding tert-OH is 1. The minimum atomic E-state index is -0.462. The van der Waals surface area contributed by atoms with Gasteiger partial charge in [-0.25, -0.2) is 4.79 Å². The van der Waals surface area contributed by atoms with Gasteiger partial charge in [-0.15, -0.1) is 0 Å². The van der Waals surface area contributed by atoms with Crippen LogP contribution in [-0.2, 0) is 4.84 Å². The highest BCUT2D eigenvalue weighted by molar-refractivity contribution is 5.85. The number of fused-ring (bicyclic) bond motifs is 5. The van der Waals surface area contributed by atoms with E-state index in [1.54, 1.807) is 0 Å².